The summed E-state index contributed by atoms with van der Waals surface area (Å²) in [6, 6.07) is 0. The Morgan fingerprint density at radius 3 is 2.64 bits per heavy atom. The van der Waals surface area contributed by atoms with Crippen LogP contribution < -0.4 is 10.6 Å². The molecular formula is C8H14ClN5. The molecule has 78 valence electrons. The van der Waals surface area contributed by atoms with E-state index >= 15 is 0 Å². The van der Waals surface area contributed by atoms with Crippen molar-refractivity contribution < 1.29 is 0 Å². The Labute approximate surface area is 88.3 Å². The van der Waals surface area contributed by atoms with Gasteiger partial charge in [-0.05, 0) is 13.5 Å². The number of hydrogen-bond acceptors (Lipinski definition) is 5. The van der Waals surface area contributed by atoms with E-state index in [1.807, 2.05) is 13.8 Å². The van der Waals surface area contributed by atoms with Crippen LogP contribution in [-0.2, 0) is 0 Å². The SMILES string of the molecule is CCNCC(C)(Cl)Nc1ncncn1. The Morgan fingerprint density at radius 1 is 1.43 bits per heavy atom. The summed E-state index contributed by atoms with van der Waals surface area (Å²) >= 11 is 6.18. The summed E-state index contributed by atoms with van der Waals surface area (Å²) in [5.41, 5.74) is 0. The lowest BCUT2D eigenvalue weighted by molar-refractivity contribution is 0.604. The van der Waals surface area contributed by atoms with Crippen molar-refractivity contribution in [3.05, 3.63) is 12.7 Å². The zero-order chi connectivity index (χ0) is 10.4. The quantitative estimate of drug-likeness (QED) is 0.563. The van der Waals surface area contributed by atoms with Gasteiger partial charge in [0, 0.05) is 6.54 Å². The van der Waals surface area contributed by atoms with E-state index in [9.17, 15) is 0 Å². The van der Waals surface area contributed by atoms with Crippen LogP contribution >= 0.6 is 11.6 Å². The molecule has 5 nitrogen and oxygen atoms in total. The fourth-order valence-corrected chi connectivity index (χ4v) is 1.12. The third-order valence-electron chi connectivity index (χ3n) is 1.57. The van der Waals surface area contributed by atoms with Gasteiger partial charge < -0.3 is 10.6 Å². The average Bonchev–Trinajstić information content (AvgIpc) is 2.16. The van der Waals surface area contributed by atoms with Gasteiger partial charge in [-0.15, -0.1) is 0 Å². The molecule has 2 N–H and O–H groups in total. The molecule has 0 amide bonds. The first-order valence-corrected chi connectivity index (χ1v) is 4.81. The minimum atomic E-state index is -0.586. The van der Waals surface area contributed by atoms with Gasteiger partial charge in [0.2, 0.25) is 5.95 Å². The fourth-order valence-electron chi connectivity index (χ4n) is 0.941. The van der Waals surface area contributed by atoms with Crippen LogP contribution in [0.25, 0.3) is 0 Å². The molecule has 14 heavy (non-hydrogen) atoms. The molecule has 1 atom stereocenters. The fraction of sp³-hybridized carbons (Fsp3) is 0.625. The van der Waals surface area contributed by atoms with Gasteiger partial charge in [-0.3, -0.25) is 0 Å². The smallest absolute Gasteiger partial charge is 0.227 e. The second-order valence-electron chi connectivity index (χ2n) is 3.06. The molecule has 1 rings (SSSR count). The number of rotatable bonds is 5. The molecule has 6 heteroatoms. The largest absolute Gasteiger partial charge is 0.334 e. The number of anilines is 1. The molecule has 0 aliphatic carbocycles. The lowest BCUT2D eigenvalue weighted by atomic mass is 10.3. The number of hydrogen-bond donors (Lipinski definition) is 2. The van der Waals surface area contributed by atoms with Crippen LogP contribution in [0.4, 0.5) is 5.95 Å². The predicted octanol–water partition coefficient (Wildman–Crippen LogP) is 0.848. The maximum Gasteiger partial charge on any atom is 0.227 e. The number of aromatic nitrogens is 3. The van der Waals surface area contributed by atoms with E-state index in [0.717, 1.165) is 6.54 Å². The molecule has 0 aromatic carbocycles. The summed E-state index contributed by atoms with van der Waals surface area (Å²) in [6.45, 7) is 5.40. The Kier molecular flexibility index (Phi) is 4.03. The highest BCUT2D eigenvalue weighted by molar-refractivity contribution is 6.24. The lowest BCUT2D eigenvalue weighted by Crippen LogP contribution is -2.40. The molecule has 0 spiro atoms. The second-order valence-corrected chi connectivity index (χ2v) is 3.90. The van der Waals surface area contributed by atoms with Crippen molar-refractivity contribution in [2.45, 2.75) is 18.8 Å². The first-order valence-electron chi connectivity index (χ1n) is 4.44. The van der Waals surface area contributed by atoms with Gasteiger partial charge in [0.1, 0.15) is 17.7 Å². The maximum absolute atomic E-state index is 6.18. The van der Waals surface area contributed by atoms with E-state index in [-0.39, 0.29) is 0 Å². The van der Waals surface area contributed by atoms with Crippen molar-refractivity contribution in [2.75, 3.05) is 18.4 Å². The number of halogens is 1. The van der Waals surface area contributed by atoms with Crippen LogP contribution in [0.2, 0.25) is 0 Å². The molecule has 1 aromatic heterocycles. The molecule has 0 saturated heterocycles. The lowest BCUT2D eigenvalue weighted by Gasteiger charge is -2.23. The maximum atomic E-state index is 6.18. The molecule has 0 fully saturated rings. The summed E-state index contributed by atoms with van der Waals surface area (Å²) in [7, 11) is 0. The van der Waals surface area contributed by atoms with E-state index in [1.165, 1.54) is 12.7 Å². The van der Waals surface area contributed by atoms with Crippen molar-refractivity contribution in [2.24, 2.45) is 0 Å². The molecule has 1 unspecified atom stereocenters. The first-order chi connectivity index (χ1) is 6.64. The van der Waals surface area contributed by atoms with Crippen molar-refractivity contribution in [3.63, 3.8) is 0 Å². The van der Waals surface area contributed by atoms with Gasteiger partial charge in [-0.1, -0.05) is 18.5 Å². The van der Waals surface area contributed by atoms with Crippen LogP contribution in [0.3, 0.4) is 0 Å². The van der Waals surface area contributed by atoms with Gasteiger partial charge in [0.15, 0.2) is 0 Å². The highest BCUT2D eigenvalue weighted by atomic mass is 35.5. The molecular weight excluding hydrogens is 202 g/mol. The monoisotopic (exact) mass is 215 g/mol. The van der Waals surface area contributed by atoms with E-state index in [4.69, 9.17) is 11.6 Å². The molecule has 0 aliphatic rings. The Hall–Kier alpha value is -0.940. The predicted molar refractivity (Wildman–Crippen MR) is 56.3 cm³/mol. The zero-order valence-electron chi connectivity index (χ0n) is 8.29. The van der Waals surface area contributed by atoms with Crippen LogP contribution in [0.1, 0.15) is 13.8 Å². The molecule has 0 saturated carbocycles. The first kappa shape index (κ1) is 11.1. The minimum absolute atomic E-state index is 0.482. The van der Waals surface area contributed by atoms with E-state index in [0.29, 0.717) is 12.5 Å². The summed E-state index contributed by atoms with van der Waals surface area (Å²) in [6.07, 6.45) is 2.85. The Morgan fingerprint density at radius 2 is 2.07 bits per heavy atom. The average molecular weight is 216 g/mol. The summed E-state index contributed by atoms with van der Waals surface area (Å²) in [4.78, 5) is 11.0. The third kappa shape index (κ3) is 3.85. The number of alkyl halides is 1. The minimum Gasteiger partial charge on any atom is -0.334 e. The van der Waals surface area contributed by atoms with Crippen molar-refractivity contribution in [1.82, 2.24) is 20.3 Å². The summed E-state index contributed by atoms with van der Waals surface area (Å²) in [5.74, 6) is 0.482. The van der Waals surface area contributed by atoms with Crippen LogP contribution in [0.5, 0.6) is 0 Å². The number of nitrogens with zero attached hydrogens (tertiary/aromatic N) is 3. The van der Waals surface area contributed by atoms with E-state index in [2.05, 4.69) is 25.6 Å². The highest BCUT2D eigenvalue weighted by Crippen LogP contribution is 2.14. The topological polar surface area (TPSA) is 62.7 Å². The van der Waals surface area contributed by atoms with Gasteiger partial charge in [-0.2, -0.15) is 0 Å². The highest BCUT2D eigenvalue weighted by Gasteiger charge is 2.20. The van der Waals surface area contributed by atoms with Gasteiger partial charge in [-0.25, -0.2) is 15.0 Å². The van der Waals surface area contributed by atoms with E-state index < -0.39 is 5.00 Å². The third-order valence-corrected chi connectivity index (χ3v) is 1.80. The normalized spacial score (nSPS) is 14.8. The van der Waals surface area contributed by atoms with Crippen LogP contribution in [0.15, 0.2) is 12.7 Å². The van der Waals surface area contributed by atoms with Crippen molar-refractivity contribution in [3.8, 4) is 0 Å². The standard InChI is InChI=1S/C8H14ClN5/c1-3-10-4-8(2,9)14-7-12-5-11-6-13-7/h5-6,10H,3-4H2,1-2H3,(H,11,12,13,14). The van der Waals surface area contributed by atoms with Crippen molar-refractivity contribution in [1.29, 1.82) is 0 Å². The van der Waals surface area contributed by atoms with Crippen LogP contribution in [-0.4, -0.2) is 33.0 Å². The second kappa shape index (κ2) is 5.07. The number of nitrogens with one attached hydrogen (secondary N) is 2. The van der Waals surface area contributed by atoms with E-state index in [1.54, 1.807) is 0 Å². The van der Waals surface area contributed by atoms with Gasteiger partial charge in [0.05, 0.1) is 0 Å². The van der Waals surface area contributed by atoms with Crippen molar-refractivity contribution >= 4 is 17.5 Å². The Balaban J connectivity index is 2.50. The Bertz CT molecular complexity index is 264. The molecule has 1 aromatic rings. The number of likely N-dealkylation sites (N-methyl/N-ethyl adjacent to an activating group) is 1. The molecule has 0 radical (unpaired) electrons. The zero-order valence-corrected chi connectivity index (χ0v) is 9.04. The summed E-state index contributed by atoms with van der Waals surface area (Å²) in [5, 5.41) is 6.14. The molecule has 1 heterocycles. The van der Waals surface area contributed by atoms with Crippen LogP contribution in [0, 0.1) is 0 Å². The van der Waals surface area contributed by atoms with Gasteiger partial charge >= 0.3 is 0 Å². The van der Waals surface area contributed by atoms with Gasteiger partial charge in [0.25, 0.3) is 0 Å². The molecule has 0 bridgehead atoms. The molecule has 0 aliphatic heterocycles. The summed E-state index contributed by atoms with van der Waals surface area (Å²) < 4.78 is 0.